The molecular weight excluding hydrogens is 425 g/mol. The topological polar surface area (TPSA) is 81.4 Å². The van der Waals surface area contributed by atoms with E-state index >= 15 is 0 Å². The van der Waals surface area contributed by atoms with Gasteiger partial charge in [-0.2, -0.15) is 5.10 Å². The van der Waals surface area contributed by atoms with E-state index in [0.717, 1.165) is 33.6 Å². The Morgan fingerprint density at radius 2 is 1.72 bits per heavy atom. The van der Waals surface area contributed by atoms with Gasteiger partial charge >= 0.3 is 0 Å². The fourth-order valence-electron chi connectivity index (χ4n) is 3.39. The summed E-state index contributed by atoms with van der Waals surface area (Å²) in [5.41, 5.74) is 3.73. The van der Waals surface area contributed by atoms with E-state index < -0.39 is 0 Å². The number of aromatic nitrogens is 6. The average Bonchev–Trinajstić information content (AvgIpc) is 3.44. The zero-order valence-electron chi connectivity index (χ0n) is 17.3. The van der Waals surface area contributed by atoms with Gasteiger partial charge < -0.3 is 5.32 Å². The molecule has 3 aromatic heterocycles. The molecule has 0 unspecified atom stereocenters. The molecule has 5 rings (SSSR count). The van der Waals surface area contributed by atoms with Crippen molar-refractivity contribution in [2.45, 2.75) is 13.8 Å². The minimum atomic E-state index is -0.338. The van der Waals surface area contributed by atoms with Gasteiger partial charge in [0.05, 0.1) is 11.4 Å². The maximum Gasteiger partial charge on any atom is 0.227 e. The molecule has 0 aliphatic rings. The Kier molecular flexibility index (Phi) is 5.16. The van der Waals surface area contributed by atoms with Crippen molar-refractivity contribution in [2.24, 2.45) is 0 Å². The summed E-state index contributed by atoms with van der Waals surface area (Å²) in [4.78, 5) is 17.5. The van der Waals surface area contributed by atoms with Crippen LogP contribution in [0.2, 0.25) is 0 Å². The second kappa shape index (κ2) is 8.27. The molecule has 9 heteroatoms. The van der Waals surface area contributed by atoms with Crippen LogP contribution in [0.15, 0.2) is 66.3 Å². The van der Waals surface area contributed by atoms with Crippen LogP contribution in [0.3, 0.4) is 0 Å². The lowest BCUT2D eigenvalue weighted by atomic mass is 10.1. The summed E-state index contributed by atoms with van der Waals surface area (Å²) in [5, 5.41) is 10.2. The van der Waals surface area contributed by atoms with E-state index in [9.17, 15) is 4.39 Å². The summed E-state index contributed by atoms with van der Waals surface area (Å²) >= 11 is 1.46. The van der Waals surface area contributed by atoms with Crippen LogP contribution in [-0.4, -0.2) is 29.7 Å². The molecule has 0 aliphatic carbocycles. The standard InChI is InChI=1S/C23H18FN7S/c1-14-27-15(2)31(30-14)20-5-3-19(4-6-20)28-23-26-8-7-21(29-23)16-11-17(13-18(24)12-16)22-25-9-10-32-22/h3-13H,1-2H3,(H,26,28,29). The largest absolute Gasteiger partial charge is 0.324 e. The minimum absolute atomic E-state index is 0.338. The van der Waals surface area contributed by atoms with E-state index in [1.807, 2.05) is 49.6 Å². The SMILES string of the molecule is Cc1nc(C)n(-c2ccc(Nc3nccc(-c4cc(F)cc(-c5nccs5)c4)n3)cc2)n1. The van der Waals surface area contributed by atoms with Crippen molar-refractivity contribution in [1.29, 1.82) is 0 Å². The van der Waals surface area contributed by atoms with Crippen molar-refractivity contribution in [3.8, 4) is 27.5 Å². The molecule has 0 amide bonds. The van der Waals surface area contributed by atoms with Gasteiger partial charge in [0.15, 0.2) is 0 Å². The van der Waals surface area contributed by atoms with Crippen molar-refractivity contribution in [3.05, 3.63) is 83.8 Å². The number of anilines is 2. The number of rotatable bonds is 5. The van der Waals surface area contributed by atoms with Crippen molar-refractivity contribution >= 4 is 23.0 Å². The molecule has 0 saturated heterocycles. The van der Waals surface area contributed by atoms with Crippen LogP contribution in [0.25, 0.3) is 27.5 Å². The number of nitrogens with zero attached hydrogens (tertiary/aromatic N) is 6. The molecule has 0 spiro atoms. The minimum Gasteiger partial charge on any atom is -0.324 e. The molecule has 7 nitrogen and oxygen atoms in total. The lowest BCUT2D eigenvalue weighted by Gasteiger charge is -2.09. The average molecular weight is 444 g/mol. The number of benzene rings is 2. The van der Waals surface area contributed by atoms with Crippen LogP contribution in [0.5, 0.6) is 0 Å². The number of halogens is 1. The lowest BCUT2D eigenvalue weighted by molar-refractivity contribution is 0.628. The van der Waals surface area contributed by atoms with Crippen LogP contribution >= 0.6 is 11.3 Å². The molecule has 3 heterocycles. The molecule has 158 valence electrons. The molecule has 1 N–H and O–H groups in total. The Labute approximate surface area is 187 Å². The highest BCUT2D eigenvalue weighted by molar-refractivity contribution is 7.13. The maximum atomic E-state index is 14.3. The first kappa shape index (κ1) is 20.0. The maximum absolute atomic E-state index is 14.3. The van der Waals surface area contributed by atoms with E-state index in [4.69, 9.17) is 0 Å². The second-order valence-corrected chi connectivity index (χ2v) is 8.02. The van der Waals surface area contributed by atoms with Gasteiger partial charge in [-0.15, -0.1) is 11.3 Å². The molecule has 2 aromatic carbocycles. The number of nitrogens with one attached hydrogen (secondary N) is 1. The second-order valence-electron chi connectivity index (χ2n) is 7.12. The van der Waals surface area contributed by atoms with Gasteiger partial charge in [-0.05, 0) is 62.4 Å². The number of hydrogen-bond acceptors (Lipinski definition) is 7. The molecule has 0 atom stereocenters. The van der Waals surface area contributed by atoms with Gasteiger partial charge in [0.1, 0.15) is 22.5 Å². The fourth-order valence-corrected chi connectivity index (χ4v) is 4.01. The van der Waals surface area contributed by atoms with E-state index in [0.29, 0.717) is 17.2 Å². The van der Waals surface area contributed by atoms with E-state index in [1.54, 1.807) is 23.1 Å². The molecule has 32 heavy (non-hydrogen) atoms. The molecule has 0 radical (unpaired) electrons. The highest BCUT2D eigenvalue weighted by Gasteiger charge is 2.10. The van der Waals surface area contributed by atoms with Gasteiger partial charge in [0.25, 0.3) is 0 Å². The van der Waals surface area contributed by atoms with Gasteiger partial charge in [0.2, 0.25) is 5.95 Å². The normalized spacial score (nSPS) is 11.0. The van der Waals surface area contributed by atoms with Crippen LogP contribution in [-0.2, 0) is 0 Å². The molecule has 5 aromatic rings. The van der Waals surface area contributed by atoms with E-state index in [1.165, 1.54) is 23.5 Å². The van der Waals surface area contributed by atoms with Gasteiger partial charge in [-0.25, -0.2) is 29.0 Å². The Bertz CT molecular complexity index is 1380. The zero-order chi connectivity index (χ0) is 22.1. The molecule has 0 fully saturated rings. The van der Waals surface area contributed by atoms with Crippen molar-refractivity contribution in [2.75, 3.05) is 5.32 Å². The van der Waals surface area contributed by atoms with Gasteiger partial charge in [-0.1, -0.05) is 0 Å². The summed E-state index contributed by atoms with van der Waals surface area (Å²) in [6.45, 7) is 3.78. The predicted molar refractivity (Wildman–Crippen MR) is 123 cm³/mol. The monoisotopic (exact) mass is 443 g/mol. The Balaban J connectivity index is 1.40. The fraction of sp³-hybridized carbons (Fsp3) is 0.0870. The van der Waals surface area contributed by atoms with Crippen molar-refractivity contribution < 1.29 is 4.39 Å². The summed E-state index contributed by atoms with van der Waals surface area (Å²) in [6, 6.07) is 14.3. The predicted octanol–water partition coefficient (Wildman–Crippen LogP) is 5.35. The highest BCUT2D eigenvalue weighted by Crippen LogP contribution is 2.28. The van der Waals surface area contributed by atoms with Crippen molar-refractivity contribution in [3.63, 3.8) is 0 Å². The Hall–Kier alpha value is -3.98. The summed E-state index contributed by atoms with van der Waals surface area (Å²) in [5.74, 6) is 1.63. The molecule has 0 bridgehead atoms. The first-order valence-electron chi connectivity index (χ1n) is 9.87. The number of aryl methyl sites for hydroxylation is 2. The summed E-state index contributed by atoms with van der Waals surface area (Å²) in [7, 11) is 0. The number of hydrogen-bond donors (Lipinski definition) is 1. The van der Waals surface area contributed by atoms with Crippen LogP contribution in [0, 0.1) is 19.7 Å². The smallest absolute Gasteiger partial charge is 0.227 e. The first-order valence-corrected chi connectivity index (χ1v) is 10.7. The third-order valence-electron chi connectivity index (χ3n) is 4.77. The Morgan fingerprint density at radius 3 is 2.44 bits per heavy atom. The van der Waals surface area contributed by atoms with Crippen LogP contribution in [0.4, 0.5) is 16.0 Å². The van der Waals surface area contributed by atoms with Crippen LogP contribution in [0.1, 0.15) is 11.6 Å². The van der Waals surface area contributed by atoms with E-state index in [2.05, 4.69) is 30.4 Å². The third-order valence-corrected chi connectivity index (χ3v) is 5.59. The zero-order valence-corrected chi connectivity index (χ0v) is 18.1. The molecule has 0 aliphatic heterocycles. The summed E-state index contributed by atoms with van der Waals surface area (Å²) < 4.78 is 16.1. The molecule has 0 saturated carbocycles. The molecular formula is C23H18FN7S. The van der Waals surface area contributed by atoms with Gasteiger partial charge in [0, 0.05) is 34.6 Å². The quantitative estimate of drug-likeness (QED) is 0.394. The summed E-state index contributed by atoms with van der Waals surface area (Å²) in [6.07, 6.45) is 3.35. The van der Waals surface area contributed by atoms with Crippen molar-refractivity contribution in [1.82, 2.24) is 29.7 Å². The number of thiazole rings is 1. The van der Waals surface area contributed by atoms with Gasteiger partial charge in [-0.3, -0.25) is 0 Å². The lowest BCUT2D eigenvalue weighted by Crippen LogP contribution is -2.01. The van der Waals surface area contributed by atoms with Crippen LogP contribution < -0.4 is 5.32 Å². The third kappa shape index (κ3) is 4.10. The first-order chi connectivity index (χ1) is 15.5. The Morgan fingerprint density at radius 1 is 0.906 bits per heavy atom. The highest BCUT2D eigenvalue weighted by atomic mass is 32.1. The van der Waals surface area contributed by atoms with E-state index in [-0.39, 0.29) is 5.82 Å².